The Balaban J connectivity index is 1.55. The van der Waals surface area contributed by atoms with Crippen molar-refractivity contribution in [2.45, 2.75) is 24.8 Å². The van der Waals surface area contributed by atoms with Gasteiger partial charge >= 0.3 is 6.18 Å². The quantitative estimate of drug-likeness (QED) is 0.915. The Morgan fingerprint density at radius 3 is 2.42 bits per heavy atom. The Kier molecular flexibility index (Phi) is 4.69. The van der Waals surface area contributed by atoms with E-state index in [2.05, 4.69) is 5.32 Å². The van der Waals surface area contributed by atoms with E-state index in [0.29, 0.717) is 39.1 Å². The molecule has 1 aromatic rings. The molecule has 0 atom stereocenters. The van der Waals surface area contributed by atoms with Crippen molar-refractivity contribution in [3.63, 3.8) is 0 Å². The minimum atomic E-state index is -4.46. The van der Waals surface area contributed by atoms with Gasteiger partial charge in [0, 0.05) is 31.6 Å². The molecule has 1 N–H and O–H groups in total. The summed E-state index contributed by atoms with van der Waals surface area (Å²) in [6.45, 7) is 1.89. The normalized spacial score (nSPS) is 20.4. The van der Waals surface area contributed by atoms with Crippen molar-refractivity contribution < 1.29 is 27.4 Å². The fourth-order valence-electron chi connectivity index (χ4n) is 3.05. The van der Waals surface area contributed by atoms with Gasteiger partial charge in [-0.05, 0) is 12.1 Å². The molecule has 0 radical (unpaired) electrons. The third-order valence-corrected chi connectivity index (χ3v) is 4.35. The number of para-hydroxylation sites is 1. The van der Waals surface area contributed by atoms with Crippen LogP contribution >= 0.6 is 0 Å². The van der Waals surface area contributed by atoms with Crippen LogP contribution in [0.25, 0.3) is 0 Å². The first-order valence-electron chi connectivity index (χ1n) is 7.85. The number of hydrogen-bond donors (Lipinski definition) is 1. The Morgan fingerprint density at radius 2 is 1.79 bits per heavy atom. The number of piperidine rings is 1. The van der Waals surface area contributed by atoms with Crippen molar-refractivity contribution in [1.82, 2.24) is 4.90 Å². The monoisotopic (exact) mass is 344 g/mol. The van der Waals surface area contributed by atoms with Crippen LogP contribution in [0.2, 0.25) is 0 Å². The van der Waals surface area contributed by atoms with Gasteiger partial charge in [0.05, 0.1) is 25.3 Å². The second-order valence-electron chi connectivity index (χ2n) is 5.89. The molecule has 24 heavy (non-hydrogen) atoms. The maximum atomic E-state index is 12.9. The third kappa shape index (κ3) is 3.64. The molecular weight excluding hydrogens is 325 g/mol. The fourth-order valence-corrected chi connectivity index (χ4v) is 3.05. The van der Waals surface area contributed by atoms with E-state index in [1.807, 2.05) is 0 Å². The standard InChI is InChI=1S/C16H19F3N2O3/c17-16(18,19)12-3-1-2-4-13(12)20-11-14(22)21-7-5-15(6-8-21)23-9-10-24-15/h1-4,20H,5-11H2. The van der Waals surface area contributed by atoms with Gasteiger partial charge in [-0.25, -0.2) is 0 Å². The SMILES string of the molecule is O=C(CNc1ccccc1C(F)(F)F)N1CCC2(CC1)OCCO2. The van der Waals surface area contributed by atoms with E-state index >= 15 is 0 Å². The highest BCUT2D eigenvalue weighted by Crippen LogP contribution is 2.34. The number of nitrogens with zero attached hydrogens (tertiary/aromatic N) is 1. The molecule has 2 saturated heterocycles. The highest BCUT2D eigenvalue weighted by atomic mass is 19.4. The summed E-state index contributed by atoms with van der Waals surface area (Å²) in [5.74, 6) is -0.813. The lowest BCUT2D eigenvalue weighted by Crippen LogP contribution is -2.48. The lowest BCUT2D eigenvalue weighted by molar-refractivity contribution is -0.187. The second kappa shape index (κ2) is 6.60. The van der Waals surface area contributed by atoms with Crippen LogP contribution in [0.15, 0.2) is 24.3 Å². The first kappa shape index (κ1) is 17.0. The number of nitrogens with one attached hydrogen (secondary N) is 1. The molecule has 8 heteroatoms. The summed E-state index contributed by atoms with van der Waals surface area (Å²) < 4.78 is 50.0. The smallest absolute Gasteiger partial charge is 0.376 e. The minimum Gasteiger partial charge on any atom is -0.376 e. The summed E-state index contributed by atoms with van der Waals surface area (Å²) in [5, 5.41) is 2.60. The van der Waals surface area contributed by atoms with Crippen molar-refractivity contribution in [1.29, 1.82) is 0 Å². The maximum Gasteiger partial charge on any atom is 0.418 e. The first-order valence-corrected chi connectivity index (χ1v) is 7.85. The number of ether oxygens (including phenoxy) is 2. The van der Waals surface area contributed by atoms with E-state index < -0.39 is 17.5 Å². The molecule has 1 spiro atoms. The summed E-state index contributed by atoms with van der Waals surface area (Å²) in [5.41, 5.74) is -0.863. The molecule has 2 heterocycles. The van der Waals surface area contributed by atoms with Crippen molar-refractivity contribution >= 4 is 11.6 Å². The Labute approximate surface area is 137 Å². The van der Waals surface area contributed by atoms with Gasteiger partial charge in [0.25, 0.3) is 0 Å². The topological polar surface area (TPSA) is 50.8 Å². The average molecular weight is 344 g/mol. The largest absolute Gasteiger partial charge is 0.418 e. The lowest BCUT2D eigenvalue weighted by Gasteiger charge is -2.37. The van der Waals surface area contributed by atoms with Crippen LogP contribution in [0.5, 0.6) is 0 Å². The zero-order chi connectivity index (χ0) is 17.2. The molecule has 0 aromatic heterocycles. The molecule has 132 valence electrons. The van der Waals surface area contributed by atoms with E-state index in [9.17, 15) is 18.0 Å². The number of carbonyl (C=O) groups excluding carboxylic acids is 1. The number of carbonyl (C=O) groups is 1. The number of halogens is 3. The first-order chi connectivity index (χ1) is 11.4. The number of alkyl halides is 3. The summed E-state index contributed by atoms with van der Waals surface area (Å²) in [6.07, 6.45) is -3.29. The molecule has 5 nitrogen and oxygen atoms in total. The molecule has 1 aromatic carbocycles. The summed E-state index contributed by atoms with van der Waals surface area (Å²) in [6, 6.07) is 5.14. The number of hydrogen-bond acceptors (Lipinski definition) is 4. The third-order valence-electron chi connectivity index (χ3n) is 4.35. The lowest BCUT2D eigenvalue weighted by atomic mass is 10.0. The van der Waals surface area contributed by atoms with Crippen LogP contribution in [0.3, 0.4) is 0 Å². The summed E-state index contributed by atoms with van der Waals surface area (Å²) in [4.78, 5) is 13.9. The van der Waals surface area contributed by atoms with Crippen LogP contribution in [-0.4, -0.2) is 49.4 Å². The zero-order valence-electron chi connectivity index (χ0n) is 13.1. The zero-order valence-corrected chi connectivity index (χ0v) is 13.1. The summed E-state index contributed by atoms with van der Waals surface area (Å²) in [7, 11) is 0. The Bertz CT molecular complexity index is 590. The van der Waals surface area contributed by atoms with Gasteiger partial charge in [-0.3, -0.25) is 4.79 Å². The van der Waals surface area contributed by atoms with Crippen molar-refractivity contribution in [2.24, 2.45) is 0 Å². The molecule has 2 aliphatic rings. The van der Waals surface area contributed by atoms with Crippen molar-refractivity contribution in [2.75, 3.05) is 38.2 Å². The molecule has 3 rings (SSSR count). The molecule has 0 bridgehead atoms. The van der Waals surface area contributed by atoms with Gasteiger partial charge in [-0.1, -0.05) is 12.1 Å². The van der Waals surface area contributed by atoms with E-state index in [1.54, 1.807) is 4.90 Å². The van der Waals surface area contributed by atoms with Gasteiger partial charge in [0.2, 0.25) is 5.91 Å². The van der Waals surface area contributed by atoms with Gasteiger partial charge in [0.15, 0.2) is 5.79 Å². The van der Waals surface area contributed by atoms with Crippen molar-refractivity contribution in [3.05, 3.63) is 29.8 Å². The predicted molar refractivity (Wildman–Crippen MR) is 80.4 cm³/mol. The Hall–Kier alpha value is -1.80. The number of likely N-dealkylation sites (tertiary alicyclic amines) is 1. The molecule has 0 saturated carbocycles. The molecule has 1 amide bonds. The maximum absolute atomic E-state index is 12.9. The highest BCUT2D eigenvalue weighted by molar-refractivity contribution is 5.81. The van der Waals surface area contributed by atoms with Crippen LogP contribution in [-0.2, 0) is 20.4 Å². The highest BCUT2D eigenvalue weighted by Gasteiger charge is 2.40. The van der Waals surface area contributed by atoms with Crippen LogP contribution < -0.4 is 5.32 Å². The van der Waals surface area contributed by atoms with Crippen molar-refractivity contribution in [3.8, 4) is 0 Å². The Morgan fingerprint density at radius 1 is 1.17 bits per heavy atom. The van der Waals surface area contributed by atoms with Gasteiger partial charge in [0.1, 0.15) is 0 Å². The van der Waals surface area contributed by atoms with Crippen LogP contribution in [0.1, 0.15) is 18.4 Å². The summed E-state index contributed by atoms with van der Waals surface area (Å²) >= 11 is 0. The molecule has 0 aliphatic carbocycles. The van der Waals surface area contributed by atoms with E-state index in [-0.39, 0.29) is 18.1 Å². The van der Waals surface area contributed by atoms with E-state index in [4.69, 9.17) is 9.47 Å². The number of rotatable bonds is 3. The van der Waals surface area contributed by atoms with Crippen LogP contribution in [0.4, 0.5) is 18.9 Å². The molecule has 2 fully saturated rings. The predicted octanol–water partition coefficient (Wildman–Crippen LogP) is 2.48. The number of benzene rings is 1. The van der Waals surface area contributed by atoms with Gasteiger partial charge < -0.3 is 19.7 Å². The average Bonchev–Trinajstić information content (AvgIpc) is 3.01. The van der Waals surface area contributed by atoms with E-state index in [1.165, 1.54) is 18.2 Å². The minimum absolute atomic E-state index is 0.0886. The van der Waals surface area contributed by atoms with Gasteiger partial charge in [-0.2, -0.15) is 13.2 Å². The molecule has 2 aliphatic heterocycles. The van der Waals surface area contributed by atoms with Gasteiger partial charge in [-0.15, -0.1) is 0 Å². The number of anilines is 1. The molecule has 0 unspecified atom stereocenters. The van der Waals surface area contributed by atoms with E-state index in [0.717, 1.165) is 6.07 Å². The fraction of sp³-hybridized carbons (Fsp3) is 0.562. The number of amides is 1. The van der Waals surface area contributed by atoms with Crippen LogP contribution in [0, 0.1) is 0 Å². The molecular formula is C16H19F3N2O3. The second-order valence-corrected chi connectivity index (χ2v) is 5.89.